The molecule has 2 atom stereocenters. The van der Waals surface area contributed by atoms with Gasteiger partial charge < -0.3 is 18.4 Å². The normalized spacial score (nSPS) is 20.0. The van der Waals surface area contributed by atoms with Crippen molar-refractivity contribution in [2.75, 3.05) is 13.2 Å². The van der Waals surface area contributed by atoms with Gasteiger partial charge in [-0.05, 0) is 59.6 Å². The molecule has 0 fully saturated rings. The molecule has 1 aliphatic rings. The highest BCUT2D eigenvalue weighted by atomic mass is 28.4. The van der Waals surface area contributed by atoms with E-state index in [-0.39, 0.29) is 24.1 Å². The predicted octanol–water partition coefficient (Wildman–Crippen LogP) is 9.28. The minimum atomic E-state index is -2.06. The summed E-state index contributed by atoms with van der Waals surface area (Å²) < 4.78 is 19.4. The lowest BCUT2D eigenvalue weighted by atomic mass is 9.83. The SMILES string of the molecule is CC(C)[Si](OCCC[C@]1(CC=O)C=CC[C@H](CO[Si](C)(C)C(C)(C)C)N1C(=O)OCc1ccccc1)(C(C)C)C(C)C. The largest absolute Gasteiger partial charge is 0.445 e. The van der Waals surface area contributed by atoms with Gasteiger partial charge in [-0.25, -0.2) is 4.79 Å². The number of rotatable bonds is 15. The first-order valence-corrected chi connectivity index (χ1v) is 21.0. The van der Waals surface area contributed by atoms with Crippen LogP contribution in [0.15, 0.2) is 42.5 Å². The molecular formula is C34H59NO5Si2. The average molecular weight is 618 g/mol. The first kappa shape index (κ1) is 36.4. The molecule has 0 unspecified atom stereocenters. The van der Waals surface area contributed by atoms with E-state index in [0.29, 0.717) is 42.7 Å². The summed E-state index contributed by atoms with van der Waals surface area (Å²) >= 11 is 0. The number of carbonyl (C=O) groups excluding carboxylic acids is 2. The predicted molar refractivity (Wildman–Crippen MR) is 179 cm³/mol. The molecule has 2 rings (SSSR count). The molecule has 1 heterocycles. The fourth-order valence-corrected chi connectivity index (χ4v) is 13.1. The van der Waals surface area contributed by atoms with Gasteiger partial charge in [-0.2, -0.15) is 0 Å². The third-order valence-electron chi connectivity index (χ3n) is 9.78. The maximum absolute atomic E-state index is 13.9. The van der Waals surface area contributed by atoms with Crippen molar-refractivity contribution >= 4 is 29.0 Å². The third kappa shape index (κ3) is 8.67. The van der Waals surface area contributed by atoms with Gasteiger partial charge in [-0.1, -0.05) is 105 Å². The van der Waals surface area contributed by atoms with Gasteiger partial charge in [0.15, 0.2) is 16.6 Å². The van der Waals surface area contributed by atoms with Crippen LogP contribution < -0.4 is 0 Å². The summed E-state index contributed by atoms with van der Waals surface area (Å²) in [5, 5.41) is 0.0486. The maximum Gasteiger partial charge on any atom is 0.411 e. The van der Waals surface area contributed by atoms with Crippen LogP contribution in [-0.2, 0) is 25.0 Å². The summed E-state index contributed by atoms with van der Waals surface area (Å²) in [6, 6.07) is 9.50. The first-order valence-electron chi connectivity index (χ1n) is 15.9. The van der Waals surface area contributed by atoms with E-state index in [4.69, 9.17) is 13.6 Å². The maximum atomic E-state index is 13.9. The van der Waals surface area contributed by atoms with Crippen LogP contribution in [-0.4, -0.2) is 58.7 Å². The Bertz CT molecular complexity index is 997. The molecule has 1 amide bonds. The number of ether oxygens (including phenoxy) is 1. The standard InChI is InChI=1S/C34H59NO5Si2/c1-27(2)42(28(3)4,29(5)6)39-24-16-21-34(22-23-36)20-15-19-31(26-40-41(10,11)33(7,8)9)35(34)32(37)38-25-30-17-13-12-14-18-30/h12-15,17-18,20,23,27-29,31H,16,19,21-22,24-26H2,1-11H3/t31-,34+/m1/s1. The molecular weight excluding hydrogens is 559 g/mol. The fraction of sp³-hybridized carbons (Fsp3) is 0.706. The number of amides is 1. The highest BCUT2D eigenvalue weighted by molar-refractivity contribution is 6.77. The molecule has 1 aromatic rings. The second-order valence-corrected chi connectivity index (χ2v) is 24.8. The summed E-state index contributed by atoms with van der Waals surface area (Å²) in [6.45, 7) is 26.1. The Kier molecular flexibility index (Phi) is 13.3. The molecule has 6 nitrogen and oxygen atoms in total. The molecule has 0 bridgehead atoms. The van der Waals surface area contributed by atoms with Gasteiger partial charge >= 0.3 is 6.09 Å². The second kappa shape index (κ2) is 15.3. The van der Waals surface area contributed by atoms with Gasteiger partial charge in [0.2, 0.25) is 0 Å². The lowest BCUT2D eigenvalue weighted by Gasteiger charge is -2.48. The number of carbonyl (C=O) groups is 2. The number of aldehydes is 1. The first-order chi connectivity index (χ1) is 19.5. The van der Waals surface area contributed by atoms with Gasteiger partial charge in [0.1, 0.15) is 12.9 Å². The highest BCUT2D eigenvalue weighted by Crippen LogP contribution is 2.43. The van der Waals surface area contributed by atoms with E-state index >= 15 is 0 Å². The zero-order chi connectivity index (χ0) is 31.8. The Morgan fingerprint density at radius 3 is 2.14 bits per heavy atom. The van der Waals surface area contributed by atoms with Crippen LogP contribution >= 0.6 is 0 Å². The van der Waals surface area contributed by atoms with E-state index in [1.807, 2.05) is 35.2 Å². The van der Waals surface area contributed by atoms with Crippen molar-refractivity contribution in [2.45, 2.75) is 141 Å². The summed E-state index contributed by atoms with van der Waals surface area (Å²) in [6.07, 6.45) is 6.97. The van der Waals surface area contributed by atoms with Crippen molar-refractivity contribution in [1.29, 1.82) is 0 Å². The van der Waals surface area contributed by atoms with Crippen molar-refractivity contribution in [3.63, 3.8) is 0 Å². The van der Waals surface area contributed by atoms with Gasteiger partial charge in [0.05, 0.1) is 18.2 Å². The van der Waals surface area contributed by atoms with Crippen LogP contribution in [0.2, 0.25) is 34.8 Å². The van der Waals surface area contributed by atoms with Crippen molar-refractivity contribution in [3.8, 4) is 0 Å². The summed E-state index contributed by atoms with van der Waals surface area (Å²) in [5.41, 5.74) is 1.64. The lowest BCUT2D eigenvalue weighted by molar-refractivity contribution is -0.110. The third-order valence-corrected chi connectivity index (χ3v) is 20.4. The Labute approximate surface area is 258 Å². The number of hydrogen-bond donors (Lipinski definition) is 0. The molecule has 0 radical (unpaired) electrons. The molecule has 0 saturated carbocycles. The van der Waals surface area contributed by atoms with E-state index < -0.39 is 28.3 Å². The van der Waals surface area contributed by atoms with E-state index in [1.54, 1.807) is 0 Å². The summed E-state index contributed by atoms with van der Waals surface area (Å²) in [7, 11) is -4.08. The number of nitrogens with zero attached hydrogens (tertiary/aromatic N) is 1. The van der Waals surface area contributed by atoms with Gasteiger partial charge in [0, 0.05) is 13.0 Å². The van der Waals surface area contributed by atoms with Gasteiger partial charge in [-0.3, -0.25) is 4.90 Å². The number of benzene rings is 1. The summed E-state index contributed by atoms with van der Waals surface area (Å²) in [5.74, 6) is 0. The molecule has 0 N–H and O–H groups in total. The topological polar surface area (TPSA) is 65.1 Å². The monoisotopic (exact) mass is 617 g/mol. The van der Waals surface area contributed by atoms with E-state index in [2.05, 4.69) is 87.6 Å². The summed E-state index contributed by atoms with van der Waals surface area (Å²) in [4.78, 5) is 27.9. The molecule has 42 heavy (non-hydrogen) atoms. The van der Waals surface area contributed by atoms with E-state index in [0.717, 1.165) is 18.3 Å². The van der Waals surface area contributed by atoms with Gasteiger partial charge in [0.25, 0.3) is 0 Å². The van der Waals surface area contributed by atoms with Crippen LogP contribution in [0.25, 0.3) is 0 Å². The van der Waals surface area contributed by atoms with Crippen LogP contribution in [0, 0.1) is 0 Å². The smallest absolute Gasteiger partial charge is 0.411 e. The lowest BCUT2D eigenvalue weighted by Crippen LogP contribution is -2.60. The number of hydrogen-bond acceptors (Lipinski definition) is 5. The quantitative estimate of drug-likeness (QED) is 0.0849. The van der Waals surface area contributed by atoms with Crippen molar-refractivity contribution in [3.05, 3.63) is 48.0 Å². The molecule has 0 saturated heterocycles. The highest BCUT2D eigenvalue weighted by Gasteiger charge is 2.47. The second-order valence-electron chi connectivity index (χ2n) is 14.5. The minimum absolute atomic E-state index is 0.0486. The molecule has 8 heteroatoms. The minimum Gasteiger partial charge on any atom is -0.445 e. The van der Waals surface area contributed by atoms with Gasteiger partial charge in [-0.15, -0.1) is 0 Å². The zero-order valence-corrected chi connectivity index (χ0v) is 30.4. The van der Waals surface area contributed by atoms with Crippen LogP contribution in [0.1, 0.15) is 93.6 Å². The molecule has 0 aliphatic carbocycles. The van der Waals surface area contributed by atoms with E-state index in [9.17, 15) is 9.59 Å². The Morgan fingerprint density at radius 2 is 1.62 bits per heavy atom. The Morgan fingerprint density at radius 1 is 1.02 bits per heavy atom. The van der Waals surface area contributed by atoms with Crippen molar-refractivity contribution in [1.82, 2.24) is 4.90 Å². The fourth-order valence-electron chi connectivity index (χ4n) is 6.52. The Balaban J connectivity index is 2.35. The van der Waals surface area contributed by atoms with Crippen molar-refractivity contribution < 1.29 is 23.2 Å². The molecule has 0 spiro atoms. The molecule has 0 aromatic heterocycles. The molecule has 1 aromatic carbocycles. The van der Waals surface area contributed by atoms with E-state index in [1.165, 1.54) is 0 Å². The van der Waals surface area contributed by atoms with Crippen molar-refractivity contribution in [2.24, 2.45) is 0 Å². The Hall–Kier alpha value is -1.75. The van der Waals surface area contributed by atoms with Crippen LogP contribution in [0.4, 0.5) is 4.79 Å². The average Bonchev–Trinajstić information content (AvgIpc) is 2.90. The van der Waals surface area contributed by atoms with Crippen LogP contribution in [0.5, 0.6) is 0 Å². The molecule has 1 aliphatic heterocycles. The zero-order valence-electron chi connectivity index (χ0n) is 28.4. The molecule has 238 valence electrons. The van der Waals surface area contributed by atoms with Crippen LogP contribution in [0.3, 0.4) is 0 Å².